The van der Waals surface area contributed by atoms with Gasteiger partial charge in [-0.05, 0) is 46.4 Å². The molecule has 0 unspecified atom stereocenters. The predicted molar refractivity (Wildman–Crippen MR) is 136 cm³/mol. The van der Waals surface area contributed by atoms with Crippen LogP contribution in [-0.4, -0.2) is 50.6 Å². The summed E-state index contributed by atoms with van der Waals surface area (Å²) in [6.07, 6.45) is 2.16. The van der Waals surface area contributed by atoms with Crippen LogP contribution in [0.25, 0.3) is 0 Å². The van der Waals surface area contributed by atoms with Gasteiger partial charge in [0.1, 0.15) is 10.8 Å². The highest BCUT2D eigenvalue weighted by Gasteiger charge is 2.16. The number of carbonyl (C=O) groups excluding carboxylic acids is 1. The van der Waals surface area contributed by atoms with Crippen LogP contribution in [0.1, 0.15) is 28.2 Å². The summed E-state index contributed by atoms with van der Waals surface area (Å²) < 4.78 is 17.8. The van der Waals surface area contributed by atoms with Gasteiger partial charge in [0.05, 0.1) is 6.42 Å². The molecule has 0 saturated heterocycles. The molecule has 0 aliphatic heterocycles. The van der Waals surface area contributed by atoms with Gasteiger partial charge in [-0.15, -0.1) is 10.2 Å². The van der Waals surface area contributed by atoms with Gasteiger partial charge in [0.25, 0.3) is 0 Å². The second-order valence-electron chi connectivity index (χ2n) is 7.92. The van der Waals surface area contributed by atoms with E-state index in [4.69, 9.17) is 4.63 Å². The quantitative estimate of drug-likeness (QED) is 0.0947. The molecule has 4 rings (SSSR count). The van der Waals surface area contributed by atoms with Gasteiger partial charge in [0.2, 0.25) is 16.9 Å². The summed E-state index contributed by atoms with van der Waals surface area (Å²) in [7, 11) is 0. The van der Waals surface area contributed by atoms with E-state index >= 15 is 0 Å². The molecule has 0 atom stereocenters. The summed E-state index contributed by atoms with van der Waals surface area (Å²) in [5.41, 5.74) is 4.10. The Labute approximate surface area is 215 Å². The van der Waals surface area contributed by atoms with Gasteiger partial charge in [-0.2, -0.15) is 0 Å². The molecule has 0 bridgehead atoms. The van der Waals surface area contributed by atoms with Crippen LogP contribution in [0.4, 0.5) is 15.3 Å². The number of aromatic nitrogens is 4. The molecule has 4 N–H and O–H groups in total. The molecular weight excluding hydrogens is 499 g/mol. The Hall–Kier alpha value is -4.23. The molecule has 1 amide bonds. The number of aryl methyl sites for hydroxylation is 1. The lowest BCUT2D eigenvalue weighted by atomic mass is 10.1. The molecule has 192 valence electrons. The third kappa shape index (κ3) is 7.88. The summed E-state index contributed by atoms with van der Waals surface area (Å²) in [4.78, 5) is 16.5. The highest BCUT2D eigenvalue weighted by Crippen LogP contribution is 2.17. The minimum absolute atomic E-state index is 0.103. The zero-order chi connectivity index (χ0) is 25.9. The van der Waals surface area contributed by atoms with Crippen LogP contribution < -0.4 is 16.1 Å². The van der Waals surface area contributed by atoms with Crippen molar-refractivity contribution in [2.24, 2.45) is 4.99 Å². The molecule has 2 aromatic heterocycles. The van der Waals surface area contributed by atoms with E-state index in [0.29, 0.717) is 43.3 Å². The maximum Gasteiger partial charge on any atom is 0.230 e. The molecule has 2 heterocycles. The molecule has 0 radical (unpaired) electrons. The molecule has 0 spiro atoms. The number of hydroxylamine groups is 1. The summed E-state index contributed by atoms with van der Waals surface area (Å²) in [5, 5.41) is 32.5. The number of hydrogen-bond donors (Lipinski definition) is 4. The Kier molecular flexibility index (Phi) is 9.21. The standard InChI is InChI=1S/C24H25FN8O3S/c25-18-10-8-16(9-11-18)12-14-27-22(31-35)21-23(33-36-32-21)26-13-4-7-20-29-30-24(37-20)28-19(34)15-17-5-2-1-3-6-17/h1-3,5-6,8-11,35H,4,7,12-15H2,(H,26,33)(H,27,31)(H,28,30,34). The molecule has 0 fully saturated rings. The first-order valence-electron chi connectivity index (χ1n) is 11.5. The number of amidine groups is 1. The molecule has 37 heavy (non-hydrogen) atoms. The zero-order valence-electron chi connectivity index (χ0n) is 19.7. The number of benzene rings is 2. The van der Waals surface area contributed by atoms with Gasteiger partial charge in [-0.3, -0.25) is 20.5 Å². The first-order chi connectivity index (χ1) is 18.1. The summed E-state index contributed by atoms with van der Waals surface area (Å²) in [6.45, 7) is 0.854. The van der Waals surface area contributed by atoms with Gasteiger partial charge >= 0.3 is 0 Å². The topological polar surface area (TPSA) is 150 Å². The molecular formula is C24H25FN8O3S. The fourth-order valence-electron chi connectivity index (χ4n) is 3.37. The highest BCUT2D eigenvalue weighted by atomic mass is 32.1. The molecule has 0 aliphatic rings. The van der Waals surface area contributed by atoms with Crippen LogP contribution in [0.15, 0.2) is 64.2 Å². The normalized spacial score (nSPS) is 11.4. The number of carbonyl (C=O) groups is 1. The van der Waals surface area contributed by atoms with Crippen molar-refractivity contribution >= 4 is 34.0 Å². The van der Waals surface area contributed by atoms with Gasteiger partial charge < -0.3 is 10.6 Å². The Bertz CT molecular complexity index is 1310. The second-order valence-corrected chi connectivity index (χ2v) is 8.98. The Morgan fingerprint density at radius 3 is 2.62 bits per heavy atom. The molecule has 4 aromatic rings. The van der Waals surface area contributed by atoms with Gasteiger partial charge in [0, 0.05) is 19.5 Å². The van der Waals surface area contributed by atoms with E-state index in [1.165, 1.54) is 23.5 Å². The van der Waals surface area contributed by atoms with Crippen molar-refractivity contribution in [2.75, 3.05) is 23.7 Å². The monoisotopic (exact) mass is 524 g/mol. The fourth-order valence-corrected chi connectivity index (χ4v) is 4.17. The summed E-state index contributed by atoms with van der Waals surface area (Å²) >= 11 is 1.33. The van der Waals surface area contributed by atoms with E-state index in [9.17, 15) is 14.4 Å². The van der Waals surface area contributed by atoms with E-state index in [0.717, 1.165) is 16.1 Å². The van der Waals surface area contributed by atoms with Crippen molar-refractivity contribution in [3.05, 3.63) is 82.2 Å². The maximum atomic E-state index is 13.0. The van der Waals surface area contributed by atoms with Crippen molar-refractivity contribution in [1.29, 1.82) is 0 Å². The van der Waals surface area contributed by atoms with Crippen molar-refractivity contribution in [2.45, 2.75) is 25.7 Å². The largest absolute Gasteiger partial charge is 0.365 e. The van der Waals surface area contributed by atoms with Crippen molar-refractivity contribution in [3.8, 4) is 0 Å². The Morgan fingerprint density at radius 2 is 1.84 bits per heavy atom. The van der Waals surface area contributed by atoms with E-state index in [2.05, 4.69) is 36.1 Å². The fraction of sp³-hybridized carbons (Fsp3) is 0.250. The van der Waals surface area contributed by atoms with Gasteiger partial charge in [-0.1, -0.05) is 53.8 Å². The van der Waals surface area contributed by atoms with Gasteiger partial charge in [0.15, 0.2) is 11.5 Å². The first kappa shape index (κ1) is 25.9. The van der Waals surface area contributed by atoms with Crippen molar-refractivity contribution in [3.63, 3.8) is 0 Å². The maximum absolute atomic E-state index is 13.0. The third-order valence-corrected chi connectivity index (χ3v) is 6.08. The first-order valence-corrected chi connectivity index (χ1v) is 12.3. The van der Waals surface area contributed by atoms with Gasteiger partial charge in [-0.25, -0.2) is 9.02 Å². The average Bonchev–Trinajstić information content (AvgIpc) is 3.55. The zero-order valence-corrected chi connectivity index (χ0v) is 20.5. The molecule has 13 heteroatoms. The number of anilines is 2. The minimum atomic E-state index is -0.300. The minimum Gasteiger partial charge on any atom is -0.365 e. The molecule has 0 saturated carbocycles. The molecule has 0 aliphatic carbocycles. The molecule has 11 nitrogen and oxygen atoms in total. The van der Waals surface area contributed by atoms with Crippen molar-refractivity contribution < 1.29 is 19.0 Å². The number of rotatable bonds is 12. The van der Waals surface area contributed by atoms with E-state index in [1.807, 2.05) is 35.8 Å². The number of amides is 1. The predicted octanol–water partition coefficient (Wildman–Crippen LogP) is 3.25. The summed E-state index contributed by atoms with van der Waals surface area (Å²) in [5.74, 6) is -0.0140. The number of hydrogen-bond acceptors (Lipinski definition) is 10. The Morgan fingerprint density at radius 1 is 1.03 bits per heavy atom. The van der Waals surface area contributed by atoms with E-state index in [1.54, 1.807) is 12.1 Å². The summed E-state index contributed by atoms with van der Waals surface area (Å²) in [6, 6.07) is 15.6. The van der Waals surface area contributed by atoms with Crippen LogP contribution >= 0.6 is 11.3 Å². The van der Waals surface area contributed by atoms with Crippen LogP contribution in [0, 0.1) is 5.82 Å². The number of halogens is 1. The lowest BCUT2D eigenvalue weighted by molar-refractivity contribution is -0.115. The van der Waals surface area contributed by atoms with Crippen LogP contribution in [0.5, 0.6) is 0 Å². The van der Waals surface area contributed by atoms with E-state index < -0.39 is 0 Å². The van der Waals surface area contributed by atoms with E-state index in [-0.39, 0.29) is 29.7 Å². The number of aliphatic imine (C=N–C) groups is 1. The average molecular weight is 525 g/mol. The highest BCUT2D eigenvalue weighted by molar-refractivity contribution is 7.15. The number of nitrogens with zero attached hydrogens (tertiary/aromatic N) is 5. The lowest BCUT2D eigenvalue weighted by Gasteiger charge is -2.05. The Balaban J connectivity index is 1.22. The SMILES string of the molecule is O=C(Cc1ccccc1)Nc1nnc(CCCNc2nonc2C(=NCCc2ccc(F)cc2)NO)s1. The second kappa shape index (κ2) is 13.2. The van der Waals surface area contributed by atoms with Crippen LogP contribution in [-0.2, 0) is 24.1 Å². The van der Waals surface area contributed by atoms with Crippen LogP contribution in [0.2, 0.25) is 0 Å². The van der Waals surface area contributed by atoms with Crippen molar-refractivity contribution in [1.82, 2.24) is 26.0 Å². The lowest BCUT2D eigenvalue weighted by Crippen LogP contribution is -2.23. The third-order valence-electron chi connectivity index (χ3n) is 5.18. The number of nitrogens with one attached hydrogen (secondary N) is 3. The smallest absolute Gasteiger partial charge is 0.230 e. The molecule has 2 aromatic carbocycles. The van der Waals surface area contributed by atoms with Crippen LogP contribution in [0.3, 0.4) is 0 Å².